The zero-order chi connectivity index (χ0) is 39.1. The van der Waals surface area contributed by atoms with Crippen molar-refractivity contribution >= 4 is 17.1 Å². The molecule has 0 unspecified atom stereocenters. The Labute approximate surface area is 342 Å². The van der Waals surface area contributed by atoms with Crippen molar-refractivity contribution in [2.75, 3.05) is 4.90 Å². The molecule has 9 aromatic rings. The molecular formula is C57H43N. The zero-order valence-electron chi connectivity index (χ0n) is 32.8. The molecule has 0 bridgehead atoms. The highest BCUT2D eigenvalue weighted by Gasteiger charge is 2.36. The van der Waals surface area contributed by atoms with Crippen LogP contribution in [0.5, 0.6) is 0 Å². The molecule has 0 heterocycles. The van der Waals surface area contributed by atoms with Crippen LogP contribution in [0.1, 0.15) is 25.0 Å². The molecule has 58 heavy (non-hydrogen) atoms. The third-order valence-corrected chi connectivity index (χ3v) is 11.9. The first-order valence-electron chi connectivity index (χ1n) is 20.2. The summed E-state index contributed by atoms with van der Waals surface area (Å²) >= 11 is 0. The second kappa shape index (κ2) is 14.7. The van der Waals surface area contributed by atoms with Crippen LogP contribution in [0.15, 0.2) is 224 Å². The van der Waals surface area contributed by atoms with E-state index in [2.05, 4.69) is 243 Å². The standard InChI is InChI=1S/C57H43N/c1-57(2)53-27-15-14-24-50(53)51-38-37-47(39-54(51)57)58(46-35-33-43(34-36-46)42-31-29-41(30-32-42)40-17-6-3-7-18-40)55-28-16-26-49(45-21-10-5-11-22-45)56(55)52-25-13-12-23-48(52)44-19-8-4-9-20-44/h3-39H,1-2H3. The van der Waals surface area contributed by atoms with Gasteiger partial charge in [-0.3, -0.25) is 0 Å². The van der Waals surface area contributed by atoms with Gasteiger partial charge in [0.25, 0.3) is 0 Å². The number of nitrogens with zero attached hydrogens (tertiary/aromatic N) is 1. The highest BCUT2D eigenvalue weighted by Crippen LogP contribution is 2.52. The highest BCUT2D eigenvalue weighted by atomic mass is 15.1. The van der Waals surface area contributed by atoms with E-state index in [-0.39, 0.29) is 5.41 Å². The van der Waals surface area contributed by atoms with Crippen LogP contribution in [-0.2, 0) is 5.41 Å². The third kappa shape index (κ3) is 6.22. The van der Waals surface area contributed by atoms with Crippen LogP contribution in [0.4, 0.5) is 17.1 Å². The second-order valence-electron chi connectivity index (χ2n) is 15.7. The first-order chi connectivity index (χ1) is 28.5. The number of benzene rings is 9. The van der Waals surface area contributed by atoms with E-state index >= 15 is 0 Å². The second-order valence-corrected chi connectivity index (χ2v) is 15.7. The third-order valence-electron chi connectivity index (χ3n) is 11.9. The molecule has 0 spiro atoms. The highest BCUT2D eigenvalue weighted by molar-refractivity contribution is 6.01. The Morgan fingerprint density at radius 1 is 0.293 bits per heavy atom. The van der Waals surface area contributed by atoms with Crippen molar-refractivity contribution in [3.8, 4) is 66.8 Å². The van der Waals surface area contributed by atoms with Gasteiger partial charge in [-0.2, -0.15) is 0 Å². The zero-order valence-corrected chi connectivity index (χ0v) is 32.8. The van der Waals surface area contributed by atoms with Gasteiger partial charge in [-0.05, 0) is 103 Å². The van der Waals surface area contributed by atoms with E-state index in [9.17, 15) is 0 Å². The van der Waals surface area contributed by atoms with Crippen molar-refractivity contribution in [3.05, 3.63) is 236 Å². The number of hydrogen-bond donors (Lipinski definition) is 0. The fourth-order valence-electron chi connectivity index (χ4n) is 8.99. The van der Waals surface area contributed by atoms with E-state index in [1.165, 1.54) is 77.9 Å². The predicted octanol–water partition coefficient (Wildman–Crippen LogP) is 15.8. The summed E-state index contributed by atoms with van der Waals surface area (Å²) in [5, 5.41) is 0. The van der Waals surface area contributed by atoms with Gasteiger partial charge in [0.05, 0.1) is 5.69 Å². The van der Waals surface area contributed by atoms with Gasteiger partial charge in [0.2, 0.25) is 0 Å². The van der Waals surface area contributed by atoms with Gasteiger partial charge >= 0.3 is 0 Å². The lowest BCUT2D eigenvalue weighted by Gasteiger charge is -2.31. The van der Waals surface area contributed by atoms with Gasteiger partial charge in [0.15, 0.2) is 0 Å². The summed E-state index contributed by atoms with van der Waals surface area (Å²) < 4.78 is 0. The first-order valence-corrected chi connectivity index (χ1v) is 20.2. The van der Waals surface area contributed by atoms with Gasteiger partial charge in [-0.25, -0.2) is 0 Å². The molecule has 0 aliphatic heterocycles. The first kappa shape index (κ1) is 35.2. The van der Waals surface area contributed by atoms with Gasteiger partial charge in [0.1, 0.15) is 0 Å². The minimum atomic E-state index is -0.141. The molecule has 0 N–H and O–H groups in total. The minimum Gasteiger partial charge on any atom is -0.310 e. The van der Waals surface area contributed by atoms with Crippen LogP contribution in [0.25, 0.3) is 66.8 Å². The van der Waals surface area contributed by atoms with Crippen LogP contribution in [-0.4, -0.2) is 0 Å². The Bertz CT molecular complexity index is 2870. The molecule has 1 aliphatic rings. The Kier molecular flexibility index (Phi) is 8.92. The van der Waals surface area contributed by atoms with Crippen LogP contribution in [0.3, 0.4) is 0 Å². The molecule has 1 nitrogen and oxygen atoms in total. The van der Waals surface area contributed by atoms with Crippen LogP contribution in [0, 0.1) is 0 Å². The lowest BCUT2D eigenvalue weighted by Crippen LogP contribution is -2.17. The molecule has 0 radical (unpaired) electrons. The molecule has 0 atom stereocenters. The summed E-state index contributed by atoms with van der Waals surface area (Å²) in [7, 11) is 0. The smallest absolute Gasteiger partial charge is 0.0546 e. The molecule has 0 fully saturated rings. The van der Waals surface area contributed by atoms with E-state index in [1.54, 1.807) is 0 Å². The summed E-state index contributed by atoms with van der Waals surface area (Å²) in [6.07, 6.45) is 0. The molecule has 0 saturated carbocycles. The van der Waals surface area contributed by atoms with Gasteiger partial charge in [-0.15, -0.1) is 0 Å². The molecular weight excluding hydrogens is 699 g/mol. The maximum atomic E-state index is 2.48. The summed E-state index contributed by atoms with van der Waals surface area (Å²) in [4.78, 5) is 2.48. The van der Waals surface area contributed by atoms with Crippen LogP contribution >= 0.6 is 0 Å². The Balaban J connectivity index is 1.18. The minimum absolute atomic E-state index is 0.141. The lowest BCUT2D eigenvalue weighted by molar-refractivity contribution is 0.660. The van der Waals surface area contributed by atoms with E-state index in [0.29, 0.717) is 0 Å². The maximum Gasteiger partial charge on any atom is 0.0546 e. The molecule has 9 aromatic carbocycles. The van der Waals surface area contributed by atoms with E-state index in [1.807, 2.05) is 0 Å². The molecule has 1 aliphatic carbocycles. The fourth-order valence-corrected chi connectivity index (χ4v) is 8.99. The van der Waals surface area contributed by atoms with E-state index in [4.69, 9.17) is 0 Å². The molecule has 10 rings (SSSR count). The molecule has 1 heteroatoms. The maximum absolute atomic E-state index is 2.48. The number of rotatable bonds is 8. The van der Waals surface area contributed by atoms with Gasteiger partial charge < -0.3 is 4.90 Å². The van der Waals surface area contributed by atoms with Crippen molar-refractivity contribution in [2.45, 2.75) is 19.3 Å². The molecule has 0 aromatic heterocycles. The lowest BCUT2D eigenvalue weighted by atomic mass is 9.82. The van der Waals surface area contributed by atoms with E-state index < -0.39 is 0 Å². The van der Waals surface area contributed by atoms with Crippen molar-refractivity contribution in [2.24, 2.45) is 0 Å². The van der Waals surface area contributed by atoms with Crippen molar-refractivity contribution in [1.29, 1.82) is 0 Å². The average molecular weight is 742 g/mol. The molecule has 0 amide bonds. The average Bonchev–Trinajstić information content (AvgIpc) is 3.53. The van der Waals surface area contributed by atoms with Crippen molar-refractivity contribution < 1.29 is 0 Å². The van der Waals surface area contributed by atoms with Crippen molar-refractivity contribution in [3.63, 3.8) is 0 Å². The van der Waals surface area contributed by atoms with Gasteiger partial charge in [0, 0.05) is 22.4 Å². The SMILES string of the molecule is CC1(C)c2ccccc2-c2ccc(N(c3ccc(-c4ccc(-c5ccccc5)cc4)cc3)c3cccc(-c4ccccc4)c3-c3ccccc3-c3ccccc3)cc21. The topological polar surface area (TPSA) is 3.24 Å². The summed E-state index contributed by atoms with van der Waals surface area (Å²) in [5.41, 5.74) is 20.5. The Hall–Kier alpha value is -7.22. The normalized spacial score (nSPS) is 12.4. The van der Waals surface area contributed by atoms with Crippen molar-refractivity contribution in [1.82, 2.24) is 0 Å². The monoisotopic (exact) mass is 741 g/mol. The molecule has 0 saturated heterocycles. The number of hydrogen-bond acceptors (Lipinski definition) is 1. The Morgan fingerprint density at radius 2 is 0.724 bits per heavy atom. The van der Waals surface area contributed by atoms with Crippen LogP contribution in [0.2, 0.25) is 0 Å². The number of fused-ring (bicyclic) bond motifs is 3. The largest absolute Gasteiger partial charge is 0.310 e. The van der Waals surface area contributed by atoms with E-state index in [0.717, 1.165) is 17.1 Å². The summed E-state index contributed by atoms with van der Waals surface area (Å²) in [5.74, 6) is 0. The van der Waals surface area contributed by atoms with Crippen LogP contribution < -0.4 is 4.90 Å². The quantitative estimate of drug-likeness (QED) is 0.150. The summed E-state index contributed by atoms with van der Waals surface area (Å²) in [6, 6.07) is 81.8. The summed E-state index contributed by atoms with van der Waals surface area (Å²) in [6.45, 7) is 4.72. The predicted molar refractivity (Wildman–Crippen MR) is 246 cm³/mol. The molecule has 276 valence electrons. The number of anilines is 3. The fraction of sp³-hybridized carbons (Fsp3) is 0.0526. The van der Waals surface area contributed by atoms with Gasteiger partial charge in [-0.1, -0.05) is 208 Å². The Morgan fingerprint density at radius 3 is 1.34 bits per heavy atom.